The van der Waals surface area contributed by atoms with Gasteiger partial charge in [-0.2, -0.15) is 0 Å². The summed E-state index contributed by atoms with van der Waals surface area (Å²) < 4.78 is 2.26. The molecule has 0 radical (unpaired) electrons. The van der Waals surface area contributed by atoms with Crippen LogP contribution in [0.25, 0.3) is 11.0 Å². The minimum Gasteiger partial charge on any atom is -0.352 e. The Morgan fingerprint density at radius 3 is 2.29 bits per heavy atom. The first-order valence-corrected chi connectivity index (χ1v) is 10.8. The smallest absolute Gasteiger partial charge is 0.251 e. The zero-order valence-corrected chi connectivity index (χ0v) is 18.4. The molecule has 0 bridgehead atoms. The molecule has 0 aliphatic heterocycles. The summed E-state index contributed by atoms with van der Waals surface area (Å²) in [4.78, 5) is 17.2. The van der Waals surface area contributed by atoms with Crippen LogP contribution in [0.2, 0.25) is 0 Å². The molecule has 4 rings (SSSR count). The predicted octanol–water partition coefficient (Wildman–Crippen LogP) is 5.35. The Labute approximate surface area is 183 Å². The monoisotopic (exact) mass is 411 g/mol. The average molecular weight is 412 g/mol. The maximum absolute atomic E-state index is 12.4. The summed E-state index contributed by atoms with van der Waals surface area (Å²) in [7, 11) is 0. The number of imidazole rings is 1. The Bertz CT molecular complexity index is 1170. The first-order valence-electron chi connectivity index (χ1n) is 10.8. The van der Waals surface area contributed by atoms with Crippen LogP contribution in [-0.2, 0) is 18.4 Å². The van der Waals surface area contributed by atoms with Crippen LogP contribution in [0.3, 0.4) is 0 Å². The van der Waals surface area contributed by atoms with Crippen molar-refractivity contribution in [2.75, 3.05) is 6.54 Å². The number of rotatable bonds is 6. The molecule has 0 fully saturated rings. The molecule has 31 heavy (non-hydrogen) atoms. The van der Waals surface area contributed by atoms with E-state index in [0.29, 0.717) is 18.5 Å². The molecule has 0 aliphatic rings. The van der Waals surface area contributed by atoms with Gasteiger partial charge in [0.2, 0.25) is 0 Å². The fourth-order valence-corrected chi connectivity index (χ4v) is 3.76. The summed E-state index contributed by atoms with van der Waals surface area (Å²) >= 11 is 0. The molecule has 158 valence electrons. The number of fused-ring (bicyclic) bond motifs is 1. The van der Waals surface area contributed by atoms with E-state index in [0.717, 1.165) is 23.4 Å². The largest absolute Gasteiger partial charge is 0.352 e. The van der Waals surface area contributed by atoms with E-state index in [-0.39, 0.29) is 11.3 Å². The number of nitrogens with zero attached hydrogens (tertiary/aromatic N) is 2. The Balaban J connectivity index is 1.52. The highest BCUT2D eigenvalue weighted by atomic mass is 16.1. The fourth-order valence-electron chi connectivity index (χ4n) is 3.76. The summed E-state index contributed by atoms with van der Waals surface area (Å²) in [5, 5.41) is 3.01. The average Bonchev–Trinajstić information content (AvgIpc) is 3.11. The van der Waals surface area contributed by atoms with Crippen LogP contribution in [0.5, 0.6) is 0 Å². The number of aromatic nitrogens is 2. The molecule has 0 atom stereocenters. The van der Waals surface area contributed by atoms with Crippen LogP contribution in [0.1, 0.15) is 48.1 Å². The maximum Gasteiger partial charge on any atom is 0.251 e. The number of hydrogen-bond acceptors (Lipinski definition) is 2. The lowest BCUT2D eigenvalue weighted by atomic mass is 9.87. The molecule has 4 aromatic rings. The lowest BCUT2D eigenvalue weighted by Crippen LogP contribution is -2.26. The first kappa shape index (κ1) is 20.9. The molecule has 1 heterocycles. The molecular weight excluding hydrogens is 382 g/mol. The molecule has 1 N–H and O–H groups in total. The molecule has 0 spiro atoms. The molecule has 1 amide bonds. The van der Waals surface area contributed by atoms with Crippen LogP contribution in [-0.4, -0.2) is 22.0 Å². The summed E-state index contributed by atoms with van der Waals surface area (Å²) in [6, 6.07) is 26.4. The number of carbonyl (C=O) groups excluding carboxylic acids is 1. The highest BCUT2D eigenvalue weighted by molar-refractivity contribution is 5.94. The minimum atomic E-state index is -0.0546. The Morgan fingerprint density at radius 1 is 0.903 bits per heavy atom. The van der Waals surface area contributed by atoms with E-state index in [2.05, 4.69) is 61.0 Å². The predicted molar refractivity (Wildman–Crippen MR) is 126 cm³/mol. The number of hydrogen-bond donors (Lipinski definition) is 1. The lowest BCUT2D eigenvalue weighted by Gasteiger charge is -2.19. The Kier molecular flexibility index (Phi) is 5.90. The van der Waals surface area contributed by atoms with Gasteiger partial charge in [0.05, 0.1) is 11.0 Å². The Hall–Kier alpha value is -3.40. The van der Waals surface area contributed by atoms with Gasteiger partial charge >= 0.3 is 0 Å². The SMILES string of the molecule is CC(C)(C)c1ccc(Cn2c(CCNC(=O)c3ccccc3)nc3ccccc32)cc1. The third kappa shape index (κ3) is 4.85. The second kappa shape index (κ2) is 8.76. The molecule has 0 aliphatic carbocycles. The van der Waals surface area contributed by atoms with E-state index in [1.54, 1.807) is 0 Å². The van der Waals surface area contributed by atoms with Crippen molar-refractivity contribution < 1.29 is 4.79 Å². The van der Waals surface area contributed by atoms with E-state index in [1.807, 2.05) is 48.5 Å². The van der Waals surface area contributed by atoms with Crippen LogP contribution in [0.15, 0.2) is 78.9 Å². The summed E-state index contributed by atoms with van der Waals surface area (Å²) in [5.41, 5.74) is 5.49. The van der Waals surface area contributed by atoms with E-state index in [9.17, 15) is 4.79 Å². The van der Waals surface area contributed by atoms with E-state index in [4.69, 9.17) is 4.98 Å². The van der Waals surface area contributed by atoms with E-state index in [1.165, 1.54) is 11.1 Å². The number of amides is 1. The zero-order chi connectivity index (χ0) is 21.8. The highest BCUT2D eigenvalue weighted by Crippen LogP contribution is 2.23. The van der Waals surface area contributed by atoms with E-state index >= 15 is 0 Å². The molecule has 1 aromatic heterocycles. The molecule has 0 saturated heterocycles. The first-order chi connectivity index (χ1) is 14.9. The number of carbonyl (C=O) groups is 1. The molecule has 4 nitrogen and oxygen atoms in total. The van der Waals surface area contributed by atoms with Gasteiger partial charge in [-0.3, -0.25) is 4.79 Å². The molecule has 3 aromatic carbocycles. The molecular formula is C27H29N3O. The Morgan fingerprint density at radius 2 is 1.58 bits per heavy atom. The van der Waals surface area contributed by atoms with Crippen LogP contribution < -0.4 is 5.32 Å². The van der Waals surface area contributed by atoms with Gasteiger partial charge in [-0.05, 0) is 40.8 Å². The third-order valence-corrected chi connectivity index (χ3v) is 5.56. The minimum absolute atomic E-state index is 0.0546. The van der Waals surface area contributed by atoms with Crippen molar-refractivity contribution in [3.63, 3.8) is 0 Å². The van der Waals surface area contributed by atoms with Crippen molar-refractivity contribution in [1.29, 1.82) is 0 Å². The summed E-state index contributed by atoms with van der Waals surface area (Å²) in [6.45, 7) is 7.99. The van der Waals surface area contributed by atoms with Gasteiger partial charge in [0, 0.05) is 25.1 Å². The normalized spacial score (nSPS) is 11.6. The van der Waals surface area contributed by atoms with Gasteiger partial charge in [0.25, 0.3) is 5.91 Å². The van der Waals surface area contributed by atoms with Gasteiger partial charge in [-0.15, -0.1) is 0 Å². The van der Waals surface area contributed by atoms with Crippen molar-refractivity contribution in [1.82, 2.24) is 14.9 Å². The number of para-hydroxylation sites is 2. The van der Waals surface area contributed by atoms with Crippen molar-refractivity contribution in [2.24, 2.45) is 0 Å². The summed E-state index contributed by atoms with van der Waals surface area (Å²) in [5.74, 6) is 0.926. The second-order valence-corrected chi connectivity index (χ2v) is 8.92. The fraction of sp³-hybridized carbons (Fsp3) is 0.259. The molecule has 4 heteroatoms. The van der Waals surface area contributed by atoms with Gasteiger partial charge in [0.15, 0.2) is 0 Å². The standard InChI is InChI=1S/C27H29N3O/c1-27(2,3)22-15-13-20(14-16-22)19-30-24-12-8-7-11-23(24)29-25(30)17-18-28-26(31)21-9-5-4-6-10-21/h4-16H,17-19H2,1-3H3,(H,28,31). The summed E-state index contributed by atoms with van der Waals surface area (Å²) in [6.07, 6.45) is 0.674. The van der Waals surface area contributed by atoms with E-state index < -0.39 is 0 Å². The van der Waals surface area contributed by atoms with Gasteiger partial charge in [-0.1, -0.05) is 75.4 Å². The van der Waals surface area contributed by atoms with Crippen molar-refractivity contribution in [3.05, 3.63) is 101 Å². The van der Waals surface area contributed by atoms with Crippen molar-refractivity contribution in [3.8, 4) is 0 Å². The van der Waals surface area contributed by atoms with Crippen LogP contribution in [0.4, 0.5) is 0 Å². The van der Waals surface area contributed by atoms with Gasteiger partial charge in [0.1, 0.15) is 5.82 Å². The van der Waals surface area contributed by atoms with Crippen LogP contribution >= 0.6 is 0 Å². The van der Waals surface area contributed by atoms with Crippen molar-refractivity contribution >= 4 is 16.9 Å². The quantitative estimate of drug-likeness (QED) is 0.465. The lowest BCUT2D eigenvalue weighted by molar-refractivity contribution is 0.0954. The van der Waals surface area contributed by atoms with Gasteiger partial charge < -0.3 is 9.88 Å². The van der Waals surface area contributed by atoms with Gasteiger partial charge in [-0.25, -0.2) is 4.98 Å². The molecule has 0 unspecified atom stereocenters. The zero-order valence-electron chi connectivity index (χ0n) is 18.4. The number of benzene rings is 3. The topological polar surface area (TPSA) is 46.9 Å². The maximum atomic E-state index is 12.4. The number of nitrogens with one attached hydrogen (secondary N) is 1. The van der Waals surface area contributed by atoms with Crippen molar-refractivity contribution in [2.45, 2.75) is 39.2 Å². The molecule has 0 saturated carbocycles. The van der Waals surface area contributed by atoms with Crippen LogP contribution in [0, 0.1) is 0 Å². The third-order valence-electron chi connectivity index (χ3n) is 5.56. The highest BCUT2D eigenvalue weighted by Gasteiger charge is 2.15. The second-order valence-electron chi connectivity index (χ2n) is 8.92.